The van der Waals surface area contributed by atoms with Crippen molar-refractivity contribution >= 4 is 21.8 Å². The number of imidazole rings is 1. The number of hydrogen-bond donors (Lipinski definition) is 1. The SMILES string of the molecule is CC(Br)CNC(=O)c1cncn1C. The third-order valence-corrected chi connectivity index (χ3v) is 1.92. The lowest BCUT2D eigenvalue weighted by atomic mass is 10.4. The monoisotopic (exact) mass is 245 g/mol. The molecule has 1 N–H and O–H groups in total. The van der Waals surface area contributed by atoms with Crippen LogP contribution in [-0.4, -0.2) is 26.8 Å². The van der Waals surface area contributed by atoms with Crippen molar-refractivity contribution in [2.45, 2.75) is 11.8 Å². The lowest BCUT2D eigenvalue weighted by Gasteiger charge is -2.06. The molecule has 0 aromatic carbocycles. The first-order chi connectivity index (χ1) is 6.11. The van der Waals surface area contributed by atoms with Crippen molar-refractivity contribution in [2.75, 3.05) is 6.54 Å². The van der Waals surface area contributed by atoms with Gasteiger partial charge in [-0.3, -0.25) is 4.79 Å². The van der Waals surface area contributed by atoms with Gasteiger partial charge < -0.3 is 9.88 Å². The summed E-state index contributed by atoms with van der Waals surface area (Å²) in [6.45, 7) is 2.59. The molecule has 72 valence electrons. The third-order valence-electron chi connectivity index (χ3n) is 1.59. The molecule has 1 rings (SSSR count). The number of hydrogen-bond acceptors (Lipinski definition) is 2. The van der Waals surface area contributed by atoms with Crippen molar-refractivity contribution in [3.63, 3.8) is 0 Å². The van der Waals surface area contributed by atoms with Crippen molar-refractivity contribution in [1.29, 1.82) is 0 Å². The molecule has 1 heterocycles. The summed E-state index contributed by atoms with van der Waals surface area (Å²) in [6, 6.07) is 0. The predicted molar refractivity (Wildman–Crippen MR) is 53.9 cm³/mol. The summed E-state index contributed by atoms with van der Waals surface area (Å²) in [5.74, 6) is -0.0914. The zero-order chi connectivity index (χ0) is 9.84. The molecule has 1 aromatic rings. The molecule has 4 nitrogen and oxygen atoms in total. The predicted octanol–water partition coefficient (Wildman–Crippen LogP) is 0.933. The van der Waals surface area contributed by atoms with Crippen molar-refractivity contribution in [3.05, 3.63) is 18.2 Å². The normalized spacial score (nSPS) is 12.5. The maximum atomic E-state index is 11.4. The van der Waals surface area contributed by atoms with Crippen LogP contribution in [0.4, 0.5) is 0 Å². The summed E-state index contributed by atoms with van der Waals surface area (Å²) in [4.78, 5) is 15.6. The molecular formula is C8H12BrN3O. The number of nitrogens with zero attached hydrogens (tertiary/aromatic N) is 2. The Bertz CT molecular complexity index is 295. The van der Waals surface area contributed by atoms with Crippen LogP contribution in [-0.2, 0) is 7.05 Å². The van der Waals surface area contributed by atoms with Gasteiger partial charge in [0, 0.05) is 18.4 Å². The van der Waals surface area contributed by atoms with Gasteiger partial charge in [0.15, 0.2) is 0 Å². The first kappa shape index (κ1) is 10.2. The molecule has 0 saturated heterocycles. The second-order valence-electron chi connectivity index (χ2n) is 2.88. The third kappa shape index (κ3) is 2.84. The molecule has 5 heteroatoms. The Morgan fingerprint density at radius 3 is 3.00 bits per heavy atom. The van der Waals surface area contributed by atoms with Crippen LogP contribution in [0.2, 0.25) is 0 Å². The Kier molecular flexibility index (Phi) is 3.48. The molecule has 1 aromatic heterocycles. The van der Waals surface area contributed by atoms with Crippen molar-refractivity contribution in [3.8, 4) is 0 Å². The van der Waals surface area contributed by atoms with Gasteiger partial charge in [0.25, 0.3) is 5.91 Å². The standard InChI is InChI=1S/C8H12BrN3O/c1-6(9)3-11-8(13)7-4-10-5-12(7)2/h4-6H,3H2,1-2H3,(H,11,13). The van der Waals surface area contributed by atoms with E-state index in [1.807, 2.05) is 6.92 Å². The van der Waals surface area contributed by atoms with Gasteiger partial charge in [-0.1, -0.05) is 22.9 Å². The van der Waals surface area contributed by atoms with Gasteiger partial charge in [0.1, 0.15) is 5.69 Å². The fraction of sp³-hybridized carbons (Fsp3) is 0.500. The maximum absolute atomic E-state index is 11.4. The average Bonchev–Trinajstić information content (AvgIpc) is 2.47. The summed E-state index contributed by atoms with van der Waals surface area (Å²) in [5, 5.41) is 2.78. The molecule has 0 aliphatic rings. The van der Waals surface area contributed by atoms with Gasteiger partial charge in [-0.25, -0.2) is 4.98 Å². The first-order valence-electron chi connectivity index (χ1n) is 4.00. The van der Waals surface area contributed by atoms with E-state index in [0.717, 1.165) is 0 Å². The van der Waals surface area contributed by atoms with E-state index in [-0.39, 0.29) is 10.7 Å². The smallest absolute Gasteiger partial charge is 0.269 e. The second-order valence-corrected chi connectivity index (χ2v) is 4.44. The van der Waals surface area contributed by atoms with Gasteiger partial charge in [0.05, 0.1) is 12.5 Å². The average molecular weight is 246 g/mol. The zero-order valence-electron chi connectivity index (χ0n) is 7.62. The van der Waals surface area contributed by atoms with E-state index in [0.29, 0.717) is 12.2 Å². The molecule has 0 saturated carbocycles. The molecule has 1 amide bonds. The zero-order valence-corrected chi connectivity index (χ0v) is 9.21. The maximum Gasteiger partial charge on any atom is 0.269 e. The highest BCUT2D eigenvalue weighted by Crippen LogP contribution is 1.98. The number of amides is 1. The topological polar surface area (TPSA) is 46.9 Å². The number of carbonyl (C=O) groups is 1. The molecule has 13 heavy (non-hydrogen) atoms. The van der Waals surface area contributed by atoms with Gasteiger partial charge in [-0.15, -0.1) is 0 Å². The number of carbonyl (C=O) groups excluding carboxylic acids is 1. The van der Waals surface area contributed by atoms with E-state index in [1.54, 1.807) is 24.1 Å². The number of aromatic nitrogens is 2. The van der Waals surface area contributed by atoms with Gasteiger partial charge in [-0.2, -0.15) is 0 Å². The number of nitrogens with one attached hydrogen (secondary N) is 1. The minimum Gasteiger partial charge on any atom is -0.350 e. The molecule has 1 atom stereocenters. The number of halogens is 1. The fourth-order valence-electron chi connectivity index (χ4n) is 0.900. The van der Waals surface area contributed by atoms with Crippen LogP contribution in [0.3, 0.4) is 0 Å². The van der Waals surface area contributed by atoms with E-state index in [4.69, 9.17) is 0 Å². The molecule has 0 bridgehead atoms. The van der Waals surface area contributed by atoms with E-state index in [9.17, 15) is 4.79 Å². The highest BCUT2D eigenvalue weighted by atomic mass is 79.9. The van der Waals surface area contributed by atoms with E-state index < -0.39 is 0 Å². The Hall–Kier alpha value is -0.840. The van der Waals surface area contributed by atoms with Crippen LogP contribution in [0.1, 0.15) is 17.4 Å². The molecule has 0 radical (unpaired) electrons. The van der Waals surface area contributed by atoms with Crippen LogP contribution in [0, 0.1) is 0 Å². The van der Waals surface area contributed by atoms with Crippen LogP contribution < -0.4 is 5.32 Å². The van der Waals surface area contributed by atoms with E-state index >= 15 is 0 Å². The number of alkyl halides is 1. The Morgan fingerprint density at radius 1 is 1.85 bits per heavy atom. The van der Waals surface area contributed by atoms with Crippen LogP contribution in [0.5, 0.6) is 0 Å². The van der Waals surface area contributed by atoms with E-state index in [1.165, 1.54) is 0 Å². The van der Waals surface area contributed by atoms with Crippen LogP contribution in [0.25, 0.3) is 0 Å². The second kappa shape index (κ2) is 4.41. The Balaban J connectivity index is 2.54. The van der Waals surface area contributed by atoms with Crippen molar-refractivity contribution in [1.82, 2.24) is 14.9 Å². The molecule has 0 spiro atoms. The lowest BCUT2D eigenvalue weighted by molar-refractivity contribution is 0.0946. The Morgan fingerprint density at radius 2 is 2.54 bits per heavy atom. The highest BCUT2D eigenvalue weighted by Gasteiger charge is 2.09. The van der Waals surface area contributed by atoms with E-state index in [2.05, 4.69) is 26.2 Å². The van der Waals surface area contributed by atoms with Crippen LogP contribution >= 0.6 is 15.9 Å². The molecular weight excluding hydrogens is 234 g/mol. The summed E-state index contributed by atoms with van der Waals surface area (Å²) < 4.78 is 1.69. The largest absolute Gasteiger partial charge is 0.350 e. The number of rotatable bonds is 3. The van der Waals surface area contributed by atoms with Crippen molar-refractivity contribution in [2.24, 2.45) is 7.05 Å². The lowest BCUT2D eigenvalue weighted by Crippen LogP contribution is -2.29. The Labute approximate surface area is 85.5 Å². The molecule has 0 aliphatic carbocycles. The molecule has 1 unspecified atom stereocenters. The number of aryl methyl sites for hydroxylation is 1. The van der Waals surface area contributed by atoms with Gasteiger partial charge >= 0.3 is 0 Å². The fourth-order valence-corrected chi connectivity index (χ4v) is 1.06. The first-order valence-corrected chi connectivity index (χ1v) is 4.91. The van der Waals surface area contributed by atoms with Crippen LogP contribution in [0.15, 0.2) is 12.5 Å². The minimum atomic E-state index is -0.0914. The molecule has 0 aliphatic heterocycles. The highest BCUT2D eigenvalue weighted by molar-refractivity contribution is 9.09. The van der Waals surface area contributed by atoms with Crippen molar-refractivity contribution < 1.29 is 4.79 Å². The molecule has 0 fully saturated rings. The summed E-state index contributed by atoms with van der Waals surface area (Å²) >= 11 is 3.35. The summed E-state index contributed by atoms with van der Waals surface area (Å²) in [6.07, 6.45) is 3.15. The minimum absolute atomic E-state index is 0.0914. The quantitative estimate of drug-likeness (QED) is 0.806. The van der Waals surface area contributed by atoms with Gasteiger partial charge in [-0.05, 0) is 0 Å². The summed E-state index contributed by atoms with van der Waals surface area (Å²) in [5.41, 5.74) is 0.577. The summed E-state index contributed by atoms with van der Waals surface area (Å²) in [7, 11) is 1.79. The van der Waals surface area contributed by atoms with Gasteiger partial charge in [0.2, 0.25) is 0 Å².